The highest BCUT2D eigenvalue weighted by Gasteiger charge is 2.17. The Hall–Kier alpha value is -6.12. The summed E-state index contributed by atoms with van der Waals surface area (Å²) in [6.07, 6.45) is 2.96. The van der Waals surface area contributed by atoms with E-state index in [1.165, 1.54) is 71.6 Å². The molecule has 0 N–H and O–H groups in total. The molecule has 2 heteroatoms. The average Bonchev–Trinajstić information content (AvgIpc) is 3.68. The summed E-state index contributed by atoms with van der Waals surface area (Å²) in [5.74, 6) is 0. The van der Waals surface area contributed by atoms with Crippen LogP contribution in [0.25, 0.3) is 77.2 Å². The zero-order valence-corrected chi connectivity index (χ0v) is 27.1. The Morgan fingerprint density at radius 3 is 1.27 bits per heavy atom. The second-order valence-electron chi connectivity index (χ2n) is 12.1. The minimum absolute atomic E-state index is 1.08. The number of hydrogen-bond acceptors (Lipinski definition) is 0. The minimum atomic E-state index is 1.08. The van der Waals surface area contributed by atoms with Gasteiger partial charge < -0.3 is 9.13 Å². The number of nitrogens with zero attached hydrogens (tertiary/aromatic N) is 2. The molecule has 0 unspecified atom stereocenters. The Bertz CT molecular complexity index is 2440. The summed E-state index contributed by atoms with van der Waals surface area (Å²) in [7, 11) is 0. The molecular weight excluding hydrogens is 581 g/mol. The van der Waals surface area contributed by atoms with Crippen LogP contribution in [0.5, 0.6) is 0 Å². The molecule has 9 rings (SSSR count). The monoisotopic (exact) mass is 616 g/mol. The van der Waals surface area contributed by atoms with Crippen molar-refractivity contribution < 1.29 is 0 Å². The summed E-state index contributed by atoms with van der Waals surface area (Å²) >= 11 is 0. The van der Waals surface area contributed by atoms with Gasteiger partial charge in [0.15, 0.2) is 0 Å². The van der Waals surface area contributed by atoms with Crippen molar-refractivity contribution in [2.75, 3.05) is 0 Å². The summed E-state index contributed by atoms with van der Waals surface area (Å²) in [5.41, 5.74) is 12.0. The summed E-state index contributed by atoms with van der Waals surface area (Å²) in [4.78, 5) is 0. The van der Waals surface area contributed by atoms with Crippen molar-refractivity contribution in [3.8, 4) is 33.6 Å². The van der Waals surface area contributed by atoms with E-state index in [1.807, 2.05) is 6.08 Å². The van der Waals surface area contributed by atoms with E-state index in [1.54, 1.807) is 0 Å². The van der Waals surface area contributed by atoms with Gasteiger partial charge in [-0.15, -0.1) is 6.58 Å². The normalized spacial score (nSPS) is 11.2. The van der Waals surface area contributed by atoms with E-state index in [0.29, 0.717) is 0 Å². The van der Waals surface area contributed by atoms with E-state index in [0.717, 1.165) is 12.1 Å². The molecule has 2 aromatic heterocycles. The van der Waals surface area contributed by atoms with Gasteiger partial charge in [0.05, 0.1) is 22.1 Å². The van der Waals surface area contributed by atoms with E-state index in [-0.39, 0.29) is 0 Å². The number of fused-ring (bicyclic) bond motifs is 6. The molecular formula is C46H36N2. The molecule has 0 radical (unpaired) electrons. The van der Waals surface area contributed by atoms with Gasteiger partial charge in [-0.05, 0) is 83.3 Å². The largest absolute Gasteiger partial charge is 0.309 e. The van der Waals surface area contributed by atoms with Crippen LogP contribution in [-0.2, 0) is 0 Å². The fraction of sp³-hybridized carbons (Fsp3) is 0.0435. The molecule has 0 aliphatic heterocycles. The number of aromatic nitrogens is 2. The van der Waals surface area contributed by atoms with Crippen LogP contribution < -0.4 is 0 Å². The summed E-state index contributed by atoms with van der Waals surface area (Å²) < 4.78 is 4.83. The van der Waals surface area contributed by atoms with Crippen molar-refractivity contribution in [3.63, 3.8) is 0 Å². The third kappa shape index (κ3) is 5.09. The number of benzene rings is 7. The van der Waals surface area contributed by atoms with E-state index >= 15 is 0 Å². The van der Waals surface area contributed by atoms with Gasteiger partial charge in [-0.3, -0.25) is 0 Å². The second-order valence-corrected chi connectivity index (χ2v) is 12.1. The summed E-state index contributed by atoms with van der Waals surface area (Å²) in [6.45, 7) is 5.54. The van der Waals surface area contributed by atoms with Gasteiger partial charge in [-0.2, -0.15) is 0 Å². The zero-order valence-electron chi connectivity index (χ0n) is 27.1. The van der Waals surface area contributed by atoms with Crippen LogP contribution in [0.1, 0.15) is 13.3 Å². The number of hydrogen-bond donors (Lipinski definition) is 0. The van der Waals surface area contributed by atoms with Crippen LogP contribution in [0.15, 0.2) is 183 Å². The lowest BCUT2D eigenvalue weighted by Crippen LogP contribution is -1.97. The van der Waals surface area contributed by atoms with Crippen molar-refractivity contribution in [3.05, 3.63) is 183 Å². The standard InChI is InChI=1S/C42H28N2.C4H8/c1-3-13-29(14-4-1)31-25-32(30-15-5-2-6-16-30)27-34(26-31)44-41-22-12-9-19-37(41)38-28-33(23-24-42(38)44)43-39-20-10-7-17-35(39)36-18-8-11-21-40(36)43;1-3-4-2/h1-28H;3H,1,4H2,2H3. The smallest absolute Gasteiger partial charge is 0.0542 e. The lowest BCUT2D eigenvalue weighted by atomic mass is 9.98. The molecule has 48 heavy (non-hydrogen) atoms. The van der Waals surface area contributed by atoms with Crippen molar-refractivity contribution in [2.45, 2.75) is 13.3 Å². The molecule has 9 aromatic rings. The maximum atomic E-state index is 3.48. The Balaban J connectivity index is 0.000000799. The molecule has 0 spiro atoms. The topological polar surface area (TPSA) is 9.86 Å². The lowest BCUT2D eigenvalue weighted by Gasteiger charge is -2.14. The van der Waals surface area contributed by atoms with Crippen molar-refractivity contribution in [2.24, 2.45) is 0 Å². The van der Waals surface area contributed by atoms with Gasteiger partial charge in [0.25, 0.3) is 0 Å². The molecule has 7 aromatic carbocycles. The molecule has 2 heterocycles. The SMILES string of the molecule is C=CCC.c1ccc(-c2cc(-c3ccccc3)cc(-n3c4ccccc4c4cc(-n5c6ccccc6c6ccccc65)ccc43)c2)cc1. The molecule has 0 aliphatic carbocycles. The highest BCUT2D eigenvalue weighted by Crippen LogP contribution is 2.38. The predicted molar refractivity (Wildman–Crippen MR) is 206 cm³/mol. The lowest BCUT2D eigenvalue weighted by molar-refractivity contribution is 1.17. The van der Waals surface area contributed by atoms with Crippen molar-refractivity contribution in [1.29, 1.82) is 0 Å². The molecule has 0 fully saturated rings. The van der Waals surface area contributed by atoms with Crippen LogP contribution in [0, 0.1) is 0 Å². The Morgan fingerprint density at radius 1 is 0.396 bits per heavy atom. The molecule has 0 saturated heterocycles. The van der Waals surface area contributed by atoms with E-state index < -0.39 is 0 Å². The quantitative estimate of drug-likeness (QED) is 0.170. The van der Waals surface area contributed by atoms with Crippen LogP contribution >= 0.6 is 0 Å². The van der Waals surface area contributed by atoms with Gasteiger partial charge in [-0.25, -0.2) is 0 Å². The summed E-state index contributed by atoms with van der Waals surface area (Å²) in [5, 5.41) is 5.04. The van der Waals surface area contributed by atoms with Gasteiger partial charge >= 0.3 is 0 Å². The van der Waals surface area contributed by atoms with Crippen molar-refractivity contribution >= 4 is 43.6 Å². The molecule has 0 atom stereocenters. The molecule has 0 saturated carbocycles. The average molecular weight is 617 g/mol. The molecule has 0 aliphatic rings. The van der Waals surface area contributed by atoms with Crippen molar-refractivity contribution in [1.82, 2.24) is 9.13 Å². The van der Waals surface area contributed by atoms with Gasteiger partial charge in [0.2, 0.25) is 0 Å². The van der Waals surface area contributed by atoms with Gasteiger partial charge in [0.1, 0.15) is 0 Å². The minimum Gasteiger partial charge on any atom is -0.309 e. The molecule has 230 valence electrons. The van der Waals surface area contributed by atoms with Crippen LogP contribution in [0.2, 0.25) is 0 Å². The Kier molecular flexibility index (Phi) is 7.68. The third-order valence-electron chi connectivity index (χ3n) is 9.17. The van der Waals surface area contributed by atoms with Crippen LogP contribution in [0.4, 0.5) is 0 Å². The Labute approximate surface area is 281 Å². The maximum absolute atomic E-state index is 3.48. The number of allylic oxidation sites excluding steroid dienone is 1. The second kappa shape index (κ2) is 12.6. The Morgan fingerprint density at radius 2 is 0.792 bits per heavy atom. The first-order chi connectivity index (χ1) is 23.7. The van der Waals surface area contributed by atoms with E-state index in [9.17, 15) is 0 Å². The van der Waals surface area contributed by atoms with Crippen LogP contribution in [-0.4, -0.2) is 9.13 Å². The van der Waals surface area contributed by atoms with Crippen LogP contribution in [0.3, 0.4) is 0 Å². The van der Waals surface area contributed by atoms with Gasteiger partial charge in [0, 0.05) is 32.9 Å². The highest BCUT2D eigenvalue weighted by molar-refractivity contribution is 6.12. The van der Waals surface area contributed by atoms with Gasteiger partial charge in [-0.1, -0.05) is 128 Å². The first kappa shape index (κ1) is 29.3. The van der Waals surface area contributed by atoms with E-state index in [4.69, 9.17) is 0 Å². The third-order valence-corrected chi connectivity index (χ3v) is 9.17. The molecule has 2 nitrogen and oxygen atoms in total. The predicted octanol–water partition coefficient (Wildman–Crippen LogP) is 12.8. The number of rotatable bonds is 5. The van der Waals surface area contributed by atoms with E-state index in [2.05, 4.69) is 192 Å². The number of para-hydroxylation sites is 3. The zero-order chi connectivity index (χ0) is 32.5. The summed E-state index contributed by atoms with van der Waals surface area (Å²) in [6, 6.07) is 61.5. The fourth-order valence-corrected chi connectivity index (χ4v) is 6.91. The first-order valence-corrected chi connectivity index (χ1v) is 16.6. The molecule has 0 amide bonds. The molecule has 0 bridgehead atoms. The first-order valence-electron chi connectivity index (χ1n) is 16.6. The highest BCUT2D eigenvalue weighted by atomic mass is 15.0. The maximum Gasteiger partial charge on any atom is 0.0542 e. The fourth-order valence-electron chi connectivity index (χ4n) is 6.91.